The van der Waals surface area contributed by atoms with Gasteiger partial charge in [0.2, 0.25) is 11.8 Å². The molecule has 1 aromatic heterocycles. The van der Waals surface area contributed by atoms with E-state index in [1.54, 1.807) is 6.07 Å². The van der Waals surface area contributed by atoms with Crippen molar-refractivity contribution in [3.05, 3.63) is 11.2 Å². The maximum absolute atomic E-state index is 5.77. The number of rotatable bonds is 6. The summed E-state index contributed by atoms with van der Waals surface area (Å²) >= 11 is 5.77. The van der Waals surface area contributed by atoms with Crippen LogP contribution < -0.4 is 10.5 Å². The molecule has 0 saturated heterocycles. The average molecular weight is 273 g/mol. The predicted molar refractivity (Wildman–Crippen MR) is 73.9 cm³/mol. The Kier molecular flexibility index (Phi) is 5.62. The number of ether oxygens (including phenoxy) is 1. The van der Waals surface area contributed by atoms with Gasteiger partial charge < -0.3 is 10.5 Å². The van der Waals surface area contributed by atoms with E-state index in [-0.39, 0.29) is 5.95 Å². The van der Waals surface area contributed by atoms with Crippen LogP contribution in [0.25, 0.3) is 0 Å². The van der Waals surface area contributed by atoms with Gasteiger partial charge in [0.1, 0.15) is 11.8 Å². The number of halogens is 1. The van der Waals surface area contributed by atoms with Gasteiger partial charge in [0.15, 0.2) is 0 Å². The van der Waals surface area contributed by atoms with Crippen molar-refractivity contribution in [2.24, 2.45) is 0 Å². The number of hydrogen-bond acceptors (Lipinski definition) is 5. The smallest absolute Gasteiger partial charge is 0.224 e. The summed E-state index contributed by atoms with van der Waals surface area (Å²) in [6.45, 7) is 10.0. The van der Waals surface area contributed by atoms with Crippen LogP contribution in [-0.2, 0) is 0 Å². The molecular formula is C12H21ClN4O. The van der Waals surface area contributed by atoms with Crippen molar-refractivity contribution in [1.82, 2.24) is 14.9 Å². The summed E-state index contributed by atoms with van der Waals surface area (Å²) in [5, 5.41) is 0.294. The summed E-state index contributed by atoms with van der Waals surface area (Å²) in [5.41, 5.74) is 5.49. The second kappa shape index (κ2) is 6.75. The first kappa shape index (κ1) is 15.0. The molecule has 0 atom stereocenters. The Balaban J connectivity index is 2.50. The molecule has 0 radical (unpaired) electrons. The highest BCUT2D eigenvalue weighted by molar-refractivity contribution is 6.29. The molecule has 0 aliphatic carbocycles. The molecule has 1 rings (SSSR count). The number of nitrogen functional groups attached to an aromatic ring is 1. The van der Waals surface area contributed by atoms with Crippen LogP contribution in [0.5, 0.6) is 5.88 Å². The van der Waals surface area contributed by atoms with Crippen molar-refractivity contribution in [3.8, 4) is 5.88 Å². The van der Waals surface area contributed by atoms with Gasteiger partial charge in [-0.15, -0.1) is 0 Å². The first-order chi connectivity index (χ1) is 8.40. The molecule has 0 aliphatic rings. The highest BCUT2D eigenvalue weighted by Gasteiger charge is 2.13. The Morgan fingerprint density at radius 1 is 1.28 bits per heavy atom. The quantitative estimate of drug-likeness (QED) is 0.805. The molecule has 18 heavy (non-hydrogen) atoms. The zero-order valence-corrected chi connectivity index (χ0v) is 12.1. The molecule has 2 N–H and O–H groups in total. The van der Waals surface area contributed by atoms with E-state index in [1.165, 1.54) is 0 Å². The van der Waals surface area contributed by atoms with E-state index in [1.807, 2.05) is 0 Å². The molecule has 0 bridgehead atoms. The van der Waals surface area contributed by atoms with E-state index in [0.29, 0.717) is 29.7 Å². The first-order valence-corrected chi connectivity index (χ1v) is 6.46. The summed E-state index contributed by atoms with van der Waals surface area (Å²) in [6, 6.07) is 2.52. The largest absolute Gasteiger partial charge is 0.476 e. The fraction of sp³-hybridized carbons (Fsp3) is 0.667. The van der Waals surface area contributed by atoms with Gasteiger partial charge in [-0.1, -0.05) is 11.6 Å². The summed E-state index contributed by atoms with van der Waals surface area (Å²) in [7, 11) is 0. The summed E-state index contributed by atoms with van der Waals surface area (Å²) < 4.78 is 5.54. The van der Waals surface area contributed by atoms with E-state index in [2.05, 4.69) is 42.6 Å². The topological polar surface area (TPSA) is 64.3 Å². The third kappa shape index (κ3) is 4.66. The molecule has 1 aromatic rings. The Labute approximate surface area is 113 Å². The molecule has 5 nitrogen and oxygen atoms in total. The molecular weight excluding hydrogens is 252 g/mol. The highest BCUT2D eigenvalue weighted by atomic mass is 35.5. The lowest BCUT2D eigenvalue weighted by Crippen LogP contribution is -2.39. The monoisotopic (exact) mass is 272 g/mol. The normalized spacial score (nSPS) is 11.6. The van der Waals surface area contributed by atoms with Crippen LogP contribution in [0.4, 0.5) is 5.95 Å². The Morgan fingerprint density at radius 2 is 1.89 bits per heavy atom. The minimum atomic E-state index is 0.127. The van der Waals surface area contributed by atoms with Crippen LogP contribution >= 0.6 is 11.6 Å². The Hall–Kier alpha value is -1.07. The first-order valence-electron chi connectivity index (χ1n) is 6.08. The third-order valence-electron chi connectivity index (χ3n) is 2.61. The van der Waals surface area contributed by atoms with E-state index in [4.69, 9.17) is 22.1 Å². The molecule has 102 valence electrons. The van der Waals surface area contributed by atoms with Crippen molar-refractivity contribution in [3.63, 3.8) is 0 Å². The van der Waals surface area contributed by atoms with Gasteiger partial charge in [-0.3, -0.25) is 4.90 Å². The van der Waals surface area contributed by atoms with Crippen molar-refractivity contribution in [1.29, 1.82) is 0 Å². The molecule has 0 fully saturated rings. The van der Waals surface area contributed by atoms with Crippen LogP contribution in [0.2, 0.25) is 5.15 Å². The lowest BCUT2D eigenvalue weighted by Gasteiger charge is -2.30. The van der Waals surface area contributed by atoms with E-state index >= 15 is 0 Å². The molecule has 1 heterocycles. The third-order valence-corrected chi connectivity index (χ3v) is 2.81. The number of nitrogens with two attached hydrogens (primary N) is 1. The summed E-state index contributed by atoms with van der Waals surface area (Å²) in [5.74, 6) is 0.544. The van der Waals surface area contributed by atoms with Gasteiger partial charge in [-0.05, 0) is 27.7 Å². The Bertz CT molecular complexity index is 356. The molecule has 0 aromatic carbocycles. The lowest BCUT2D eigenvalue weighted by atomic mass is 10.2. The van der Waals surface area contributed by atoms with E-state index in [0.717, 1.165) is 6.54 Å². The average Bonchev–Trinajstić information content (AvgIpc) is 2.21. The fourth-order valence-electron chi connectivity index (χ4n) is 1.86. The molecule has 0 amide bonds. The highest BCUT2D eigenvalue weighted by Crippen LogP contribution is 2.14. The second-order valence-corrected chi connectivity index (χ2v) is 5.05. The maximum Gasteiger partial charge on any atom is 0.224 e. The van der Waals surface area contributed by atoms with Gasteiger partial charge >= 0.3 is 0 Å². The van der Waals surface area contributed by atoms with Crippen molar-refractivity contribution in [2.45, 2.75) is 39.8 Å². The zero-order chi connectivity index (χ0) is 13.7. The SMILES string of the molecule is CC(C)N(CCOc1cc(Cl)nc(N)n1)C(C)C. The van der Waals surface area contributed by atoms with E-state index in [9.17, 15) is 0 Å². The van der Waals surface area contributed by atoms with Gasteiger partial charge in [-0.25, -0.2) is 4.98 Å². The number of nitrogens with zero attached hydrogens (tertiary/aromatic N) is 3. The molecule has 6 heteroatoms. The Morgan fingerprint density at radius 3 is 2.39 bits per heavy atom. The second-order valence-electron chi connectivity index (χ2n) is 4.66. The maximum atomic E-state index is 5.77. The van der Waals surface area contributed by atoms with Gasteiger partial charge in [0.25, 0.3) is 0 Å². The van der Waals surface area contributed by atoms with Crippen LogP contribution in [0.15, 0.2) is 6.07 Å². The van der Waals surface area contributed by atoms with Crippen molar-refractivity contribution >= 4 is 17.5 Å². The van der Waals surface area contributed by atoms with Crippen LogP contribution in [0, 0.1) is 0 Å². The molecule has 0 spiro atoms. The molecule has 0 aliphatic heterocycles. The van der Waals surface area contributed by atoms with Gasteiger partial charge in [-0.2, -0.15) is 4.98 Å². The van der Waals surface area contributed by atoms with Crippen molar-refractivity contribution < 1.29 is 4.74 Å². The van der Waals surface area contributed by atoms with Crippen LogP contribution in [0.3, 0.4) is 0 Å². The van der Waals surface area contributed by atoms with Crippen molar-refractivity contribution in [2.75, 3.05) is 18.9 Å². The number of aromatic nitrogens is 2. The zero-order valence-electron chi connectivity index (χ0n) is 11.4. The minimum Gasteiger partial charge on any atom is -0.476 e. The lowest BCUT2D eigenvalue weighted by molar-refractivity contribution is 0.140. The van der Waals surface area contributed by atoms with Crippen LogP contribution in [-0.4, -0.2) is 40.1 Å². The van der Waals surface area contributed by atoms with Gasteiger partial charge in [0.05, 0.1) is 0 Å². The fourth-order valence-corrected chi connectivity index (χ4v) is 2.04. The predicted octanol–water partition coefficient (Wildman–Crippen LogP) is 2.21. The molecule has 0 unspecified atom stereocenters. The number of hydrogen-bond donors (Lipinski definition) is 1. The van der Waals surface area contributed by atoms with E-state index < -0.39 is 0 Å². The summed E-state index contributed by atoms with van der Waals surface area (Å²) in [4.78, 5) is 10.1. The van der Waals surface area contributed by atoms with Gasteiger partial charge in [0, 0.05) is 24.7 Å². The number of anilines is 1. The standard InChI is InChI=1S/C12H21ClN4O/c1-8(2)17(9(3)4)5-6-18-11-7-10(13)15-12(14)16-11/h7-9H,5-6H2,1-4H3,(H2,14,15,16). The molecule has 0 saturated carbocycles. The minimum absolute atomic E-state index is 0.127. The summed E-state index contributed by atoms with van der Waals surface area (Å²) in [6.07, 6.45) is 0. The van der Waals surface area contributed by atoms with Crippen LogP contribution in [0.1, 0.15) is 27.7 Å².